The molecule has 0 aliphatic rings. The molecular formula is C15H24N2O2. The Bertz CT molecular complexity index is 444. The monoisotopic (exact) mass is 264 g/mol. The van der Waals surface area contributed by atoms with Crippen LogP contribution in [0.4, 0.5) is 0 Å². The predicted molar refractivity (Wildman–Crippen MR) is 77.1 cm³/mol. The van der Waals surface area contributed by atoms with E-state index in [9.17, 15) is 4.79 Å². The van der Waals surface area contributed by atoms with Crippen molar-refractivity contribution in [3.63, 3.8) is 0 Å². The van der Waals surface area contributed by atoms with E-state index >= 15 is 0 Å². The van der Waals surface area contributed by atoms with Crippen molar-refractivity contribution >= 4 is 5.91 Å². The molecule has 0 radical (unpaired) electrons. The Labute approximate surface area is 115 Å². The van der Waals surface area contributed by atoms with E-state index in [0.29, 0.717) is 0 Å². The van der Waals surface area contributed by atoms with Gasteiger partial charge in [0, 0.05) is 11.6 Å². The Morgan fingerprint density at radius 3 is 2.42 bits per heavy atom. The molecule has 2 unspecified atom stereocenters. The molecule has 0 aliphatic heterocycles. The fraction of sp³-hybridized carbons (Fsp3) is 0.533. The largest absolute Gasteiger partial charge is 0.496 e. The van der Waals surface area contributed by atoms with Gasteiger partial charge in [-0.1, -0.05) is 26.0 Å². The molecule has 4 nitrogen and oxygen atoms in total. The van der Waals surface area contributed by atoms with Crippen molar-refractivity contribution in [1.29, 1.82) is 0 Å². The number of carbonyl (C=O) groups excluding carboxylic acids is 1. The van der Waals surface area contributed by atoms with Crippen LogP contribution in [0.15, 0.2) is 18.2 Å². The number of hydrogen-bond donors (Lipinski definition) is 2. The van der Waals surface area contributed by atoms with Crippen LogP contribution in [-0.2, 0) is 4.79 Å². The first-order valence-corrected chi connectivity index (χ1v) is 6.56. The minimum Gasteiger partial charge on any atom is -0.496 e. The van der Waals surface area contributed by atoms with Crippen LogP contribution in [0.25, 0.3) is 0 Å². The van der Waals surface area contributed by atoms with E-state index in [1.165, 1.54) is 0 Å². The predicted octanol–water partition coefficient (Wildman–Crippen LogP) is 2.16. The Morgan fingerprint density at radius 2 is 1.95 bits per heavy atom. The summed E-state index contributed by atoms with van der Waals surface area (Å²) in [7, 11) is 1.65. The molecule has 0 fully saturated rings. The number of benzene rings is 1. The number of ether oxygens (including phenoxy) is 1. The van der Waals surface area contributed by atoms with Crippen LogP contribution in [0.2, 0.25) is 0 Å². The zero-order valence-corrected chi connectivity index (χ0v) is 12.4. The van der Waals surface area contributed by atoms with Crippen molar-refractivity contribution < 1.29 is 9.53 Å². The van der Waals surface area contributed by atoms with E-state index in [1.54, 1.807) is 7.11 Å². The van der Waals surface area contributed by atoms with Gasteiger partial charge in [-0.05, 0) is 31.4 Å². The molecule has 19 heavy (non-hydrogen) atoms. The van der Waals surface area contributed by atoms with Gasteiger partial charge < -0.3 is 10.5 Å². The highest BCUT2D eigenvalue weighted by Gasteiger charge is 2.23. The lowest BCUT2D eigenvalue weighted by Crippen LogP contribution is -2.45. The lowest BCUT2D eigenvalue weighted by atomic mass is 9.99. The summed E-state index contributed by atoms with van der Waals surface area (Å²) in [5.41, 5.74) is 7.60. The molecule has 1 aromatic carbocycles. The first kappa shape index (κ1) is 15.5. The fourth-order valence-electron chi connectivity index (χ4n) is 2.14. The van der Waals surface area contributed by atoms with Crippen molar-refractivity contribution in [2.24, 2.45) is 11.7 Å². The molecule has 0 spiro atoms. The topological polar surface area (TPSA) is 64.3 Å². The van der Waals surface area contributed by atoms with Crippen LogP contribution in [0.3, 0.4) is 0 Å². The van der Waals surface area contributed by atoms with Gasteiger partial charge in [-0.2, -0.15) is 0 Å². The average molecular weight is 264 g/mol. The third-order valence-corrected chi connectivity index (χ3v) is 3.26. The van der Waals surface area contributed by atoms with E-state index in [2.05, 4.69) is 5.32 Å². The van der Waals surface area contributed by atoms with Crippen molar-refractivity contribution in [1.82, 2.24) is 5.32 Å². The highest BCUT2D eigenvalue weighted by atomic mass is 16.5. The van der Waals surface area contributed by atoms with E-state index in [0.717, 1.165) is 16.9 Å². The maximum Gasteiger partial charge on any atom is 0.234 e. The third kappa shape index (κ3) is 3.96. The van der Waals surface area contributed by atoms with Gasteiger partial charge in [0.1, 0.15) is 5.75 Å². The van der Waals surface area contributed by atoms with Gasteiger partial charge in [-0.25, -0.2) is 0 Å². The maximum absolute atomic E-state index is 11.4. The minimum atomic E-state index is -0.346. The van der Waals surface area contributed by atoms with E-state index < -0.39 is 0 Å². The zero-order chi connectivity index (χ0) is 14.6. The Balaban J connectivity index is 2.94. The lowest BCUT2D eigenvalue weighted by molar-refractivity contribution is -0.121. The summed E-state index contributed by atoms with van der Waals surface area (Å²) in [5.74, 6) is 0.649. The summed E-state index contributed by atoms with van der Waals surface area (Å²) < 4.78 is 5.39. The summed E-state index contributed by atoms with van der Waals surface area (Å²) in [6, 6.07) is 5.69. The number of aryl methyl sites for hydroxylation is 1. The van der Waals surface area contributed by atoms with Gasteiger partial charge in [0.15, 0.2) is 0 Å². The Hall–Kier alpha value is -1.55. The molecule has 0 saturated heterocycles. The smallest absolute Gasteiger partial charge is 0.234 e. The van der Waals surface area contributed by atoms with Gasteiger partial charge in [-0.3, -0.25) is 10.1 Å². The van der Waals surface area contributed by atoms with Gasteiger partial charge >= 0.3 is 0 Å². The quantitative estimate of drug-likeness (QED) is 0.827. The zero-order valence-electron chi connectivity index (χ0n) is 12.4. The fourth-order valence-corrected chi connectivity index (χ4v) is 2.14. The van der Waals surface area contributed by atoms with Crippen LogP contribution in [0.5, 0.6) is 5.75 Å². The van der Waals surface area contributed by atoms with Crippen LogP contribution >= 0.6 is 0 Å². The van der Waals surface area contributed by atoms with Crippen LogP contribution in [0, 0.1) is 12.8 Å². The maximum atomic E-state index is 11.4. The van der Waals surface area contributed by atoms with Crippen LogP contribution in [0.1, 0.15) is 37.9 Å². The normalized spacial score (nSPS) is 14.2. The standard InChI is InChI=1S/C15H24N2O2/c1-9(2)14(15(16)18)17-11(4)12-7-6-10(3)8-13(12)19-5/h6-9,11,14,17H,1-5H3,(H2,16,18). The molecule has 0 saturated carbocycles. The Morgan fingerprint density at radius 1 is 1.32 bits per heavy atom. The molecule has 0 bridgehead atoms. The summed E-state index contributed by atoms with van der Waals surface area (Å²) in [4.78, 5) is 11.4. The number of primary amides is 1. The van der Waals surface area contributed by atoms with E-state index in [4.69, 9.17) is 10.5 Å². The van der Waals surface area contributed by atoms with Crippen LogP contribution < -0.4 is 15.8 Å². The van der Waals surface area contributed by atoms with Crippen molar-refractivity contribution in [2.75, 3.05) is 7.11 Å². The molecule has 2 atom stereocenters. The van der Waals surface area contributed by atoms with Gasteiger partial charge in [0.2, 0.25) is 5.91 Å². The Kier molecular flexibility index (Phi) is 5.36. The lowest BCUT2D eigenvalue weighted by Gasteiger charge is -2.25. The second-order valence-corrected chi connectivity index (χ2v) is 5.26. The summed E-state index contributed by atoms with van der Waals surface area (Å²) in [6.07, 6.45) is 0. The molecule has 1 amide bonds. The van der Waals surface area contributed by atoms with E-state index in [-0.39, 0.29) is 23.9 Å². The van der Waals surface area contributed by atoms with Crippen molar-refractivity contribution in [3.05, 3.63) is 29.3 Å². The average Bonchev–Trinajstić information content (AvgIpc) is 2.34. The number of carbonyl (C=O) groups is 1. The molecule has 4 heteroatoms. The van der Waals surface area contributed by atoms with E-state index in [1.807, 2.05) is 45.9 Å². The second-order valence-electron chi connectivity index (χ2n) is 5.26. The SMILES string of the molecule is COc1cc(C)ccc1C(C)NC(C(N)=O)C(C)C. The molecule has 0 aromatic heterocycles. The number of methoxy groups -OCH3 is 1. The van der Waals surface area contributed by atoms with Gasteiger partial charge in [-0.15, -0.1) is 0 Å². The summed E-state index contributed by atoms with van der Waals surface area (Å²) in [6.45, 7) is 7.97. The molecule has 1 aromatic rings. The number of amides is 1. The highest BCUT2D eigenvalue weighted by molar-refractivity contribution is 5.80. The first-order chi connectivity index (χ1) is 8.86. The number of nitrogens with one attached hydrogen (secondary N) is 1. The molecular weight excluding hydrogens is 240 g/mol. The minimum absolute atomic E-state index is 0.00421. The number of rotatable bonds is 6. The van der Waals surface area contributed by atoms with Crippen molar-refractivity contribution in [3.8, 4) is 5.75 Å². The third-order valence-electron chi connectivity index (χ3n) is 3.26. The summed E-state index contributed by atoms with van der Waals surface area (Å²) in [5, 5.41) is 3.27. The molecule has 106 valence electrons. The first-order valence-electron chi connectivity index (χ1n) is 6.56. The molecule has 0 aliphatic carbocycles. The van der Waals surface area contributed by atoms with Crippen molar-refractivity contribution in [2.45, 2.75) is 39.8 Å². The van der Waals surface area contributed by atoms with Gasteiger partial charge in [0.05, 0.1) is 13.2 Å². The second kappa shape index (κ2) is 6.57. The van der Waals surface area contributed by atoms with Gasteiger partial charge in [0.25, 0.3) is 0 Å². The molecule has 1 rings (SSSR count). The number of nitrogens with two attached hydrogens (primary N) is 1. The molecule has 3 N–H and O–H groups in total. The summed E-state index contributed by atoms with van der Waals surface area (Å²) >= 11 is 0. The van der Waals surface area contributed by atoms with Crippen LogP contribution in [-0.4, -0.2) is 19.1 Å². The highest BCUT2D eigenvalue weighted by Crippen LogP contribution is 2.26. The number of hydrogen-bond acceptors (Lipinski definition) is 3. The molecule has 0 heterocycles.